The number of benzene rings is 1. The maximum atomic E-state index is 6.13. The Hall–Kier alpha value is -1.45. The number of halogens is 2. The van der Waals surface area contributed by atoms with E-state index in [9.17, 15) is 0 Å². The molecule has 3 nitrogen and oxygen atoms in total. The molecule has 106 valence electrons. The third-order valence-electron chi connectivity index (χ3n) is 2.66. The Kier molecular flexibility index (Phi) is 5.50. The highest BCUT2D eigenvalue weighted by Crippen LogP contribution is 2.20. The van der Waals surface area contributed by atoms with Crippen LogP contribution in [0.1, 0.15) is 19.0 Å². The highest BCUT2D eigenvalue weighted by Gasteiger charge is 2.05. The lowest BCUT2D eigenvalue weighted by atomic mass is 10.3. The Morgan fingerprint density at radius 2 is 1.85 bits per heavy atom. The smallest absolute Gasteiger partial charge is 0.132 e. The minimum Gasteiger partial charge on any atom is -0.487 e. The van der Waals surface area contributed by atoms with E-state index in [-0.39, 0.29) is 0 Å². The van der Waals surface area contributed by atoms with Gasteiger partial charge in [0.15, 0.2) is 0 Å². The fourth-order valence-corrected chi connectivity index (χ4v) is 1.91. The van der Waals surface area contributed by atoms with E-state index in [2.05, 4.69) is 17.2 Å². The van der Waals surface area contributed by atoms with Gasteiger partial charge in [0, 0.05) is 11.6 Å². The predicted octanol–water partition coefficient (Wildman–Crippen LogP) is 4.79. The molecule has 0 saturated carbocycles. The summed E-state index contributed by atoms with van der Waals surface area (Å²) < 4.78 is 5.65. The molecule has 0 saturated heterocycles. The molecule has 0 radical (unpaired) electrons. The summed E-state index contributed by atoms with van der Waals surface area (Å²) in [5.41, 5.74) is 0.711. The summed E-state index contributed by atoms with van der Waals surface area (Å²) in [6.45, 7) is 3.31. The first-order valence-corrected chi connectivity index (χ1v) is 7.22. The zero-order chi connectivity index (χ0) is 14.4. The lowest BCUT2D eigenvalue weighted by Crippen LogP contribution is -2.05. The normalized spacial score (nSPS) is 10.3. The van der Waals surface area contributed by atoms with Crippen molar-refractivity contribution in [2.75, 3.05) is 11.9 Å². The SMILES string of the molecule is CCCNc1ccc(Cl)c(COc2ccc(Cl)cc2)n1. The van der Waals surface area contributed by atoms with E-state index in [1.807, 2.05) is 24.3 Å². The van der Waals surface area contributed by atoms with Crippen molar-refractivity contribution in [2.45, 2.75) is 20.0 Å². The molecule has 0 aliphatic rings. The summed E-state index contributed by atoms with van der Waals surface area (Å²) in [6, 6.07) is 10.9. The van der Waals surface area contributed by atoms with Crippen molar-refractivity contribution >= 4 is 29.0 Å². The van der Waals surface area contributed by atoms with Crippen molar-refractivity contribution in [3.05, 3.63) is 52.1 Å². The quantitative estimate of drug-likeness (QED) is 0.833. The van der Waals surface area contributed by atoms with E-state index >= 15 is 0 Å². The Balaban J connectivity index is 2.02. The molecule has 1 aromatic heterocycles. The topological polar surface area (TPSA) is 34.1 Å². The van der Waals surface area contributed by atoms with Crippen molar-refractivity contribution in [1.29, 1.82) is 0 Å². The van der Waals surface area contributed by atoms with E-state index in [1.54, 1.807) is 12.1 Å². The van der Waals surface area contributed by atoms with Gasteiger partial charge >= 0.3 is 0 Å². The van der Waals surface area contributed by atoms with E-state index in [4.69, 9.17) is 27.9 Å². The standard InChI is InChI=1S/C15H16Cl2N2O/c1-2-9-18-15-8-7-13(17)14(19-15)10-20-12-5-3-11(16)4-6-12/h3-8H,2,9-10H2,1H3,(H,18,19). The molecule has 2 rings (SSSR count). The van der Waals surface area contributed by atoms with Crippen LogP contribution in [0.4, 0.5) is 5.82 Å². The van der Waals surface area contributed by atoms with Gasteiger partial charge in [-0.2, -0.15) is 0 Å². The fraction of sp³-hybridized carbons (Fsp3) is 0.267. The second kappa shape index (κ2) is 7.36. The number of nitrogens with zero attached hydrogens (tertiary/aromatic N) is 1. The number of ether oxygens (including phenoxy) is 1. The van der Waals surface area contributed by atoms with Crippen LogP contribution in [0.15, 0.2) is 36.4 Å². The summed E-state index contributed by atoms with van der Waals surface area (Å²) >= 11 is 12.0. The minimum absolute atomic E-state index is 0.322. The van der Waals surface area contributed by atoms with Gasteiger partial charge in [-0.25, -0.2) is 4.98 Å². The van der Waals surface area contributed by atoms with Crippen LogP contribution in [0, 0.1) is 0 Å². The molecule has 0 aliphatic carbocycles. The molecule has 0 atom stereocenters. The van der Waals surface area contributed by atoms with Crippen LogP contribution in [0.3, 0.4) is 0 Å². The van der Waals surface area contributed by atoms with Crippen molar-refractivity contribution in [2.24, 2.45) is 0 Å². The van der Waals surface area contributed by atoms with Gasteiger partial charge in [-0.15, -0.1) is 0 Å². The van der Waals surface area contributed by atoms with Crippen LogP contribution in [0.2, 0.25) is 10.0 Å². The Morgan fingerprint density at radius 3 is 2.55 bits per heavy atom. The Morgan fingerprint density at radius 1 is 1.10 bits per heavy atom. The van der Waals surface area contributed by atoms with Gasteiger partial charge in [-0.05, 0) is 42.8 Å². The fourth-order valence-electron chi connectivity index (χ4n) is 1.62. The Bertz CT molecular complexity index is 558. The van der Waals surface area contributed by atoms with E-state index in [0.717, 1.165) is 24.5 Å². The van der Waals surface area contributed by atoms with Gasteiger partial charge in [-0.1, -0.05) is 30.1 Å². The van der Waals surface area contributed by atoms with E-state index in [1.165, 1.54) is 0 Å². The van der Waals surface area contributed by atoms with Gasteiger partial charge in [0.1, 0.15) is 18.2 Å². The first kappa shape index (κ1) is 14.9. The van der Waals surface area contributed by atoms with Gasteiger partial charge in [-0.3, -0.25) is 0 Å². The number of pyridine rings is 1. The number of anilines is 1. The van der Waals surface area contributed by atoms with Gasteiger partial charge in [0.05, 0.1) is 10.7 Å². The lowest BCUT2D eigenvalue weighted by Gasteiger charge is -2.10. The molecule has 0 aliphatic heterocycles. The number of nitrogens with one attached hydrogen (secondary N) is 1. The molecule has 2 aromatic rings. The molecule has 0 spiro atoms. The van der Waals surface area contributed by atoms with Gasteiger partial charge < -0.3 is 10.1 Å². The van der Waals surface area contributed by atoms with Gasteiger partial charge in [0.25, 0.3) is 0 Å². The molecule has 0 unspecified atom stereocenters. The highest BCUT2D eigenvalue weighted by atomic mass is 35.5. The molecule has 0 bridgehead atoms. The predicted molar refractivity (Wildman–Crippen MR) is 83.8 cm³/mol. The zero-order valence-electron chi connectivity index (χ0n) is 11.2. The molecule has 1 heterocycles. The average Bonchev–Trinajstić information content (AvgIpc) is 2.46. The number of hydrogen-bond donors (Lipinski definition) is 1. The third kappa shape index (κ3) is 4.29. The molecule has 5 heteroatoms. The molecule has 20 heavy (non-hydrogen) atoms. The highest BCUT2D eigenvalue weighted by molar-refractivity contribution is 6.31. The molecule has 1 aromatic carbocycles. The van der Waals surface area contributed by atoms with Crippen molar-refractivity contribution in [3.63, 3.8) is 0 Å². The second-order valence-electron chi connectivity index (χ2n) is 4.29. The first-order valence-electron chi connectivity index (χ1n) is 6.46. The summed E-state index contributed by atoms with van der Waals surface area (Å²) in [4.78, 5) is 4.45. The van der Waals surface area contributed by atoms with Gasteiger partial charge in [0.2, 0.25) is 0 Å². The van der Waals surface area contributed by atoms with Crippen LogP contribution in [-0.2, 0) is 6.61 Å². The van der Waals surface area contributed by atoms with Crippen LogP contribution < -0.4 is 10.1 Å². The Labute approximate surface area is 128 Å². The first-order chi connectivity index (χ1) is 9.69. The van der Waals surface area contributed by atoms with Crippen LogP contribution in [0.25, 0.3) is 0 Å². The number of hydrogen-bond acceptors (Lipinski definition) is 3. The summed E-state index contributed by atoms with van der Waals surface area (Å²) in [7, 11) is 0. The monoisotopic (exact) mass is 310 g/mol. The van der Waals surface area contributed by atoms with Crippen LogP contribution >= 0.6 is 23.2 Å². The maximum absolute atomic E-state index is 6.13. The van der Waals surface area contributed by atoms with Crippen molar-refractivity contribution in [3.8, 4) is 5.75 Å². The molecular formula is C15H16Cl2N2O. The summed E-state index contributed by atoms with van der Waals surface area (Å²) in [5.74, 6) is 1.55. The van der Waals surface area contributed by atoms with E-state index < -0.39 is 0 Å². The average molecular weight is 311 g/mol. The summed E-state index contributed by atoms with van der Waals surface area (Å²) in [6.07, 6.45) is 1.04. The van der Waals surface area contributed by atoms with Crippen molar-refractivity contribution < 1.29 is 4.74 Å². The summed E-state index contributed by atoms with van der Waals surface area (Å²) in [5, 5.41) is 4.50. The largest absolute Gasteiger partial charge is 0.487 e. The van der Waals surface area contributed by atoms with Crippen molar-refractivity contribution in [1.82, 2.24) is 4.98 Å². The van der Waals surface area contributed by atoms with Crippen LogP contribution in [0.5, 0.6) is 5.75 Å². The minimum atomic E-state index is 0.322. The maximum Gasteiger partial charge on any atom is 0.132 e. The molecular weight excluding hydrogens is 295 g/mol. The lowest BCUT2D eigenvalue weighted by molar-refractivity contribution is 0.301. The molecule has 0 fully saturated rings. The van der Waals surface area contributed by atoms with Crippen LogP contribution in [-0.4, -0.2) is 11.5 Å². The number of rotatable bonds is 6. The molecule has 1 N–H and O–H groups in total. The number of aromatic nitrogens is 1. The second-order valence-corrected chi connectivity index (χ2v) is 5.14. The zero-order valence-corrected chi connectivity index (χ0v) is 12.7. The third-order valence-corrected chi connectivity index (χ3v) is 3.26. The van der Waals surface area contributed by atoms with E-state index in [0.29, 0.717) is 22.3 Å². The molecule has 0 amide bonds.